The van der Waals surface area contributed by atoms with Crippen LogP contribution in [0.4, 0.5) is 4.39 Å². The van der Waals surface area contributed by atoms with Crippen molar-refractivity contribution in [3.05, 3.63) is 63.9 Å². The maximum absolute atomic E-state index is 13.0. The number of rotatable bonds is 3. The van der Waals surface area contributed by atoms with Crippen molar-refractivity contribution in [2.45, 2.75) is 11.0 Å². The lowest BCUT2D eigenvalue weighted by Crippen LogP contribution is -2.42. The Morgan fingerprint density at radius 3 is 2.33 bits per heavy atom. The van der Waals surface area contributed by atoms with Crippen LogP contribution >= 0.6 is 23.2 Å². The van der Waals surface area contributed by atoms with E-state index in [4.69, 9.17) is 27.9 Å². The molecule has 1 atom stereocenters. The average Bonchev–Trinajstić information content (AvgIpc) is 2.55. The highest BCUT2D eigenvalue weighted by molar-refractivity contribution is 7.89. The highest BCUT2D eigenvalue weighted by Gasteiger charge is 2.31. The van der Waals surface area contributed by atoms with Crippen LogP contribution in [0.2, 0.25) is 10.0 Å². The van der Waals surface area contributed by atoms with Gasteiger partial charge in [-0.05, 0) is 35.9 Å². The number of nitrogens with zero attached hydrogens (tertiary/aromatic N) is 1. The lowest BCUT2D eigenvalue weighted by Gasteiger charge is -2.32. The summed E-state index contributed by atoms with van der Waals surface area (Å²) in [6, 6.07) is 10.0. The molecule has 1 heterocycles. The second-order valence-corrected chi connectivity index (χ2v) is 8.19. The van der Waals surface area contributed by atoms with Crippen LogP contribution in [-0.4, -0.2) is 32.4 Å². The Bertz CT molecular complexity index is 823. The van der Waals surface area contributed by atoms with Crippen LogP contribution in [0.15, 0.2) is 47.4 Å². The molecule has 128 valence electrons. The SMILES string of the molecule is O=S(=O)(c1cc(Cl)cc(Cl)c1)N1CCO[C@@H](c2ccc(F)cc2)C1. The van der Waals surface area contributed by atoms with E-state index in [1.807, 2.05) is 0 Å². The van der Waals surface area contributed by atoms with E-state index in [1.165, 1.54) is 34.6 Å². The summed E-state index contributed by atoms with van der Waals surface area (Å²) in [5.74, 6) is -0.354. The number of hydrogen-bond acceptors (Lipinski definition) is 3. The number of hydrogen-bond donors (Lipinski definition) is 0. The minimum atomic E-state index is -3.75. The van der Waals surface area contributed by atoms with E-state index in [9.17, 15) is 12.8 Å². The van der Waals surface area contributed by atoms with Gasteiger partial charge in [-0.2, -0.15) is 4.31 Å². The van der Waals surface area contributed by atoms with Gasteiger partial charge in [-0.1, -0.05) is 35.3 Å². The molecule has 0 amide bonds. The molecule has 2 aromatic rings. The van der Waals surface area contributed by atoms with Gasteiger partial charge in [-0.3, -0.25) is 0 Å². The van der Waals surface area contributed by atoms with Crippen LogP contribution in [0.5, 0.6) is 0 Å². The van der Waals surface area contributed by atoms with E-state index in [-0.39, 0.29) is 40.5 Å². The van der Waals surface area contributed by atoms with Gasteiger partial charge >= 0.3 is 0 Å². The van der Waals surface area contributed by atoms with Gasteiger partial charge in [0.15, 0.2) is 0 Å². The molecule has 0 bridgehead atoms. The molecule has 24 heavy (non-hydrogen) atoms. The molecule has 0 radical (unpaired) electrons. The van der Waals surface area contributed by atoms with Crippen LogP contribution in [0, 0.1) is 5.82 Å². The molecule has 3 rings (SSSR count). The first kappa shape index (κ1) is 17.6. The molecule has 0 N–H and O–H groups in total. The largest absolute Gasteiger partial charge is 0.371 e. The van der Waals surface area contributed by atoms with Crippen molar-refractivity contribution in [3.63, 3.8) is 0 Å². The van der Waals surface area contributed by atoms with E-state index < -0.39 is 16.1 Å². The predicted molar refractivity (Wildman–Crippen MR) is 90.3 cm³/mol. The average molecular weight is 390 g/mol. The molecule has 4 nitrogen and oxygen atoms in total. The van der Waals surface area contributed by atoms with Gasteiger partial charge < -0.3 is 4.74 Å². The Morgan fingerprint density at radius 1 is 1.08 bits per heavy atom. The van der Waals surface area contributed by atoms with Crippen molar-refractivity contribution in [2.24, 2.45) is 0 Å². The Morgan fingerprint density at radius 2 is 1.71 bits per heavy atom. The molecule has 0 spiro atoms. The first-order valence-electron chi connectivity index (χ1n) is 7.19. The number of morpholine rings is 1. The summed E-state index contributed by atoms with van der Waals surface area (Å²) in [5, 5.41) is 0.508. The lowest BCUT2D eigenvalue weighted by atomic mass is 10.1. The van der Waals surface area contributed by atoms with Gasteiger partial charge in [-0.25, -0.2) is 12.8 Å². The zero-order valence-corrected chi connectivity index (χ0v) is 14.8. The molecular formula is C16H14Cl2FNO3S. The third-order valence-corrected chi connectivity index (χ3v) is 6.02. The van der Waals surface area contributed by atoms with Crippen molar-refractivity contribution < 1.29 is 17.5 Å². The van der Waals surface area contributed by atoms with Gasteiger partial charge in [0.2, 0.25) is 10.0 Å². The monoisotopic (exact) mass is 389 g/mol. The molecule has 1 aliphatic rings. The highest BCUT2D eigenvalue weighted by atomic mass is 35.5. The topological polar surface area (TPSA) is 46.6 Å². The number of sulfonamides is 1. The maximum atomic E-state index is 13.0. The predicted octanol–water partition coefficient (Wildman–Crippen LogP) is 3.89. The Kier molecular flexibility index (Phi) is 5.13. The summed E-state index contributed by atoms with van der Waals surface area (Å²) >= 11 is 11.8. The van der Waals surface area contributed by atoms with Crippen LogP contribution in [0.1, 0.15) is 11.7 Å². The molecular weight excluding hydrogens is 376 g/mol. The molecule has 0 aromatic heterocycles. The second kappa shape index (κ2) is 6.98. The maximum Gasteiger partial charge on any atom is 0.243 e. The van der Waals surface area contributed by atoms with Crippen LogP contribution in [-0.2, 0) is 14.8 Å². The Balaban J connectivity index is 1.86. The summed E-state index contributed by atoms with van der Waals surface area (Å²) in [4.78, 5) is 0.0414. The standard InChI is InChI=1S/C16H14Cl2FNO3S/c17-12-7-13(18)9-15(8-12)24(21,22)20-5-6-23-16(10-20)11-1-3-14(19)4-2-11/h1-4,7-9,16H,5-6,10H2/t16-/m1/s1. The van der Waals surface area contributed by atoms with E-state index in [0.29, 0.717) is 0 Å². The quantitative estimate of drug-likeness (QED) is 0.799. The molecule has 0 aliphatic carbocycles. The van der Waals surface area contributed by atoms with Crippen molar-refractivity contribution in [1.82, 2.24) is 4.31 Å². The lowest BCUT2D eigenvalue weighted by molar-refractivity contribution is -0.00258. The van der Waals surface area contributed by atoms with Gasteiger partial charge in [-0.15, -0.1) is 0 Å². The Hall–Kier alpha value is -1.18. The minimum Gasteiger partial charge on any atom is -0.371 e. The molecule has 1 aliphatic heterocycles. The van der Waals surface area contributed by atoms with Crippen molar-refractivity contribution in [3.8, 4) is 0 Å². The number of ether oxygens (including phenoxy) is 1. The van der Waals surface area contributed by atoms with Gasteiger partial charge in [0.25, 0.3) is 0 Å². The zero-order valence-electron chi connectivity index (χ0n) is 12.5. The molecule has 2 aromatic carbocycles. The summed E-state index contributed by atoms with van der Waals surface area (Å²) < 4.78 is 45.6. The molecule has 0 unspecified atom stereocenters. The van der Waals surface area contributed by atoms with Crippen molar-refractivity contribution in [1.29, 1.82) is 0 Å². The van der Waals surface area contributed by atoms with Crippen LogP contribution < -0.4 is 0 Å². The number of halogens is 3. The fourth-order valence-corrected chi connectivity index (χ4v) is 4.70. The third-order valence-electron chi connectivity index (χ3n) is 3.74. The summed E-state index contributed by atoms with van der Waals surface area (Å²) in [6.07, 6.45) is -0.455. The van der Waals surface area contributed by atoms with Gasteiger partial charge in [0, 0.05) is 23.1 Å². The molecule has 0 saturated carbocycles. The molecule has 1 saturated heterocycles. The smallest absolute Gasteiger partial charge is 0.243 e. The van der Waals surface area contributed by atoms with Crippen LogP contribution in [0.25, 0.3) is 0 Å². The van der Waals surface area contributed by atoms with E-state index >= 15 is 0 Å². The van der Waals surface area contributed by atoms with Gasteiger partial charge in [0.05, 0.1) is 17.6 Å². The fraction of sp³-hybridized carbons (Fsp3) is 0.250. The third kappa shape index (κ3) is 3.73. The van der Waals surface area contributed by atoms with Gasteiger partial charge in [0.1, 0.15) is 5.82 Å². The summed E-state index contributed by atoms with van der Waals surface area (Å²) in [7, 11) is -3.75. The first-order chi connectivity index (χ1) is 11.4. The van der Waals surface area contributed by atoms with E-state index in [2.05, 4.69) is 0 Å². The van der Waals surface area contributed by atoms with E-state index in [0.717, 1.165) is 5.56 Å². The zero-order chi connectivity index (χ0) is 17.3. The van der Waals surface area contributed by atoms with Crippen molar-refractivity contribution >= 4 is 33.2 Å². The second-order valence-electron chi connectivity index (χ2n) is 5.38. The van der Waals surface area contributed by atoms with Crippen molar-refractivity contribution in [2.75, 3.05) is 19.7 Å². The normalized spacial score (nSPS) is 19.4. The van der Waals surface area contributed by atoms with Crippen LogP contribution in [0.3, 0.4) is 0 Å². The van der Waals surface area contributed by atoms with E-state index in [1.54, 1.807) is 12.1 Å². The Labute approximate surface area is 149 Å². The summed E-state index contributed by atoms with van der Waals surface area (Å²) in [6.45, 7) is 0.609. The summed E-state index contributed by atoms with van der Waals surface area (Å²) in [5.41, 5.74) is 0.723. The fourth-order valence-electron chi connectivity index (χ4n) is 2.55. The first-order valence-corrected chi connectivity index (χ1v) is 9.39. The highest BCUT2D eigenvalue weighted by Crippen LogP contribution is 2.29. The minimum absolute atomic E-state index is 0.0414. The molecule has 1 fully saturated rings. The molecule has 8 heteroatoms. The number of benzene rings is 2.